The maximum atomic E-state index is 11.8. The number of esters is 1. The van der Waals surface area contributed by atoms with Crippen molar-refractivity contribution in [3.63, 3.8) is 0 Å². The van der Waals surface area contributed by atoms with Crippen LogP contribution in [0.3, 0.4) is 0 Å². The maximum absolute atomic E-state index is 11.8. The molecule has 0 aromatic heterocycles. The molecule has 0 aliphatic heterocycles. The van der Waals surface area contributed by atoms with Gasteiger partial charge in [-0.15, -0.1) is 0 Å². The van der Waals surface area contributed by atoms with Crippen LogP contribution in [-0.4, -0.2) is 5.97 Å². The van der Waals surface area contributed by atoms with Crippen molar-refractivity contribution in [3.05, 3.63) is 71.8 Å². The van der Waals surface area contributed by atoms with Gasteiger partial charge in [-0.05, 0) is 11.1 Å². The number of nitrogens with two attached hydrogens (primary N) is 1. The van der Waals surface area contributed by atoms with Gasteiger partial charge in [0.05, 0.1) is 0 Å². The van der Waals surface area contributed by atoms with E-state index >= 15 is 0 Å². The fourth-order valence-electron chi connectivity index (χ4n) is 1.61. The first kappa shape index (κ1) is 12.3. The van der Waals surface area contributed by atoms with Gasteiger partial charge in [0.15, 0.2) is 0 Å². The molecule has 1 atom stereocenters. The third-order valence-corrected chi connectivity index (χ3v) is 2.64. The molecule has 0 spiro atoms. The zero-order valence-electron chi connectivity index (χ0n) is 9.95. The van der Waals surface area contributed by atoms with Crippen molar-refractivity contribution in [2.75, 3.05) is 0 Å². The lowest BCUT2D eigenvalue weighted by atomic mass is 10.1. The van der Waals surface area contributed by atoms with Crippen LogP contribution in [0.2, 0.25) is 0 Å². The van der Waals surface area contributed by atoms with E-state index in [1.165, 1.54) is 0 Å². The molecule has 0 radical (unpaired) electrons. The molecule has 18 heavy (non-hydrogen) atoms. The van der Waals surface area contributed by atoms with Crippen molar-refractivity contribution in [1.29, 1.82) is 0 Å². The predicted octanol–water partition coefficient (Wildman–Crippen LogP) is 2.43. The molecule has 0 aliphatic rings. The van der Waals surface area contributed by atoms with Gasteiger partial charge in [-0.3, -0.25) is 0 Å². The molecule has 0 aliphatic carbocycles. The third-order valence-electron chi connectivity index (χ3n) is 2.64. The minimum absolute atomic E-state index is 0.250. The number of carbonyl (C=O) groups is 1. The van der Waals surface area contributed by atoms with Gasteiger partial charge in [-0.1, -0.05) is 60.7 Å². The molecule has 0 heterocycles. The lowest BCUT2D eigenvalue weighted by Gasteiger charge is -2.11. The van der Waals surface area contributed by atoms with Crippen LogP contribution in [0.1, 0.15) is 17.2 Å². The van der Waals surface area contributed by atoms with Crippen molar-refractivity contribution < 1.29 is 9.53 Å². The molecule has 3 heteroatoms. The second-order valence-electron chi connectivity index (χ2n) is 3.98. The highest BCUT2D eigenvalue weighted by Gasteiger charge is 2.16. The summed E-state index contributed by atoms with van der Waals surface area (Å²) in [6.45, 7) is 0.250. The molecule has 0 bridgehead atoms. The average molecular weight is 241 g/mol. The molecule has 0 saturated heterocycles. The molecule has 92 valence electrons. The molecule has 0 unspecified atom stereocenters. The Morgan fingerprint density at radius 1 is 1.00 bits per heavy atom. The number of hydrogen-bond acceptors (Lipinski definition) is 3. The maximum Gasteiger partial charge on any atom is 0.327 e. The van der Waals surface area contributed by atoms with E-state index in [1.807, 2.05) is 60.7 Å². The highest BCUT2D eigenvalue weighted by atomic mass is 16.5. The van der Waals surface area contributed by atoms with E-state index in [4.69, 9.17) is 10.5 Å². The Morgan fingerprint density at radius 2 is 1.56 bits per heavy atom. The van der Waals surface area contributed by atoms with Crippen molar-refractivity contribution in [2.45, 2.75) is 12.6 Å². The molecule has 2 N–H and O–H groups in total. The van der Waals surface area contributed by atoms with E-state index < -0.39 is 12.0 Å². The van der Waals surface area contributed by atoms with Crippen LogP contribution in [0.15, 0.2) is 60.7 Å². The molecule has 2 aromatic carbocycles. The monoisotopic (exact) mass is 241 g/mol. The number of ether oxygens (including phenoxy) is 1. The fraction of sp³-hybridized carbons (Fsp3) is 0.133. The van der Waals surface area contributed by atoms with Crippen LogP contribution in [0.5, 0.6) is 0 Å². The molecule has 0 amide bonds. The largest absolute Gasteiger partial charge is 0.459 e. The van der Waals surface area contributed by atoms with E-state index in [0.29, 0.717) is 0 Å². The Labute approximate surface area is 106 Å². The van der Waals surface area contributed by atoms with Crippen LogP contribution in [0.25, 0.3) is 0 Å². The summed E-state index contributed by atoms with van der Waals surface area (Å²) in [5.74, 6) is -0.412. The summed E-state index contributed by atoms with van der Waals surface area (Å²) in [5.41, 5.74) is 7.54. The fourth-order valence-corrected chi connectivity index (χ4v) is 1.61. The first-order valence-electron chi connectivity index (χ1n) is 5.78. The minimum atomic E-state index is -0.727. The van der Waals surface area contributed by atoms with Gasteiger partial charge >= 0.3 is 5.97 Å². The molecule has 0 fully saturated rings. The van der Waals surface area contributed by atoms with Gasteiger partial charge in [0.2, 0.25) is 0 Å². The van der Waals surface area contributed by atoms with E-state index in [0.717, 1.165) is 11.1 Å². The standard InChI is InChI=1S/C15H15NO2/c16-14(13-9-5-2-6-10-13)15(17)18-11-12-7-3-1-4-8-12/h1-10,14H,11,16H2/t14-/m0/s1. The van der Waals surface area contributed by atoms with Crippen LogP contribution in [0.4, 0.5) is 0 Å². The van der Waals surface area contributed by atoms with Crippen LogP contribution >= 0.6 is 0 Å². The molecular weight excluding hydrogens is 226 g/mol. The predicted molar refractivity (Wildman–Crippen MR) is 69.6 cm³/mol. The number of rotatable bonds is 4. The molecule has 2 aromatic rings. The van der Waals surface area contributed by atoms with Crippen molar-refractivity contribution in [1.82, 2.24) is 0 Å². The summed E-state index contributed by atoms with van der Waals surface area (Å²) >= 11 is 0. The first-order valence-corrected chi connectivity index (χ1v) is 5.78. The van der Waals surface area contributed by atoms with E-state index in [9.17, 15) is 4.79 Å². The van der Waals surface area contributed by atoms with Crippen LogP contribution < -0.4 is 5.73 Å². The zero-order valence-corrected chi connectivity index (χ0v) is 9.95. The topological polar surface area (TPSA) is 52.3 Å². The van der Waals surface area contributed by atoms with E-state index in [1.54, 1.807) is 0 Å². The Balaban J connectivity index is 1.93. The quantitative estimate of drug-likeness (QED) is 0.836. The molecule has 2 rings (SSSR count). The normalized spacial score (nSPS) is 11.8. The lowest BCUT2D eigenvalue weighted by Crippen LogP contribution is -2.23. The number of hydrogen-bond donors (Lipinski definition) is 1. The molecule has 0 saturated carbocycles. The highest BCUT2D eigenvalue weighted by Crippen LogP contribution is 2.12. The highest BCUT2D eigenvalue weighted by molar-refractivity contribution is 5.77. The Morgan fingerprint density at radius 3 is 2.17 bits per heavy atom. The van der Waals surface area contributed by atoms with Gasteiger partial charge in [0, 0.05) is 0 Å². The Bertz CT molecular complexity index is 496. The summed E-state index contributed by atoms with van der Waals surface area (Å²) in [4.78, 5) is 11.8. The van der Waals surface area contributed by atoms with Crippen molar-refractivity contribution in [3.8, 4) is 0 Å². The van der Waals surface area contributed by atoms with Crippen LogP contribution in [0, 0.1) is 0 Å². The number of carbonyl (C=O) groups excluding carboxylic acids is 1. The van der Waals surface area contributed by atoms with Crippen LogP contribution in [-0.2, 0) is 16.1 Å². The van der Waals surface area contributed by atoms with E-state index in [2.05, 4.69) is 0 Å². The molecular formula is C15H15NO2. The minimum Gasteiger partial charge on any atom is -0.459 e. The van der Waals surface area contributed by atoms with Gasteiger partial charge < -0.3 is 10.5 Å². The lowest BCUT2D eigenvalue weighted by molar-refractivity contribution is -0.146. The molecule has 3 nitrogen and oxygen atoms in total. The number of benzene rings is 2. The van der Waals surface area contributed by atoms with E-state index in [-0.39, 0.29) is 6.61 Å². The Hall–Kier alpha value is -2.13. The zero-order chi connectivity index (χ0) is 12.8. The average Bonchev–Trinajstić information content (AvgIpc) is 2.46. The van der Waals surface area contributed by atoms with Crippen molar-refractivity contribution >= 4 is 5.97 Å². The summed E-state index contributed by atoms with van der Waals surface area (Å²) in [6, 6.07) is 18.0. The Kier molecular flexibility index (Phi) is 4.10. The second kappa shape index (κ2) is 5.98. The second-order valence-corrected chi connectivity index (χ2v) is 3.98. The SMILES string of the molecule is N[C@H](C(=O)OCc1ccccc1)c1ccccc1. The van der Waals surface area contributed by atoms with Gasteiger partial charge in [0.1, 0.15) is 12.6 Å². The van der Waals surface area contributed by atoms with Crippen molar-refractivity contribution in [2.24, 2.45) is 5.73 Å². The third kappa shape index (κ3) is 3.18. The summed E-state index contributed by atoms with van der Waals surface area (Å²) < 4.78 is 5.18. The summed E-state index contributed by atoms with van der Waals surface area (Å²) in [6.07, 6.45) is 0. The first-order chi connectivity index (χ1) is 8.77. The van der Waals surface area contributed by atoms with Gasteiger partial charge in [0.25, 0.3) is 0 Å². The van der Waals surface area contributed by atoms with Gasteiger partial charge in [-0.25, -0.2) is 4.79 Å². The summed E-state index contributed by atoms with van der Waals surface area (Å²) in [7, 11) is 0. The van der Waals surface area contributed by atoms with Gasteiger partial charge in [-0.2, -0.15) is 0 Å². The summed E-state index contributed by atoms with van der Waals surface area (Å²) in [5, 5.41) is 0. The smallest absolute Gasteiger partial charge is 0.327 e.